The molecule has 0 amide bonds. The number of hydrogen-bond acceptors (Lipinski definition) is 9. The van der Waals surface area contributed by atoms with Gasteiger partial charge in [0.1, 0.15) is 12.4 Å². The Morgan fingerprint density at radius 3 is 2.52 bits per heavy atom. The second kappa shape index (κ2) is 12.9. The SMILES string of the molecule is COCCOC(=O)C1=C(C)N=c2sc(=Cc3cccc(OCC(=O)OC)c3)c(=O)n2C1c1ccc(C(C)C)cc1. The van der Waals surface area contributed by atoms with Gasteiger partial charge in [-0.1, -0.05) is 61.6 Å². The maximum atomic E-state index is 13.8. The molecule has 1 unspecified atom stereocenters. The second-order valence-corrected chi connectivity index (χ2v) is 10.5. The molecule has 3 aromatic rings. The Hall–Kier alpha value is -4.02. The summed E-state index contributed by atoms with van der Waals surface area (Å²) in [4.78, 5) is 43.7. The van der Waals surface area contributed by atoms with Crippen molar-refractivity contribution in [1.29, 1.82) is 0 Å². The molecule has 1 atom stereocenters. The van der Waals surface area contributed by atoms with Gasteiger partial charge >= 0.3 is 11.9 Å². The summed E-state index contributed by atoms with van der Waals surface area (Å²) >= 11 is 1.24. The molecule has 0 bridgehead atoms. The number of rotatable bonds is 10. The average Bonchev–Trinajstić information content (AvgIpc) is 3.25. The van der Waals surface area contributed by atoms with E-state index in [-0.39, 0.29) is 25.4 Å². The molecular weight excluding hydrogens is 532 g/mol. The molecule has 2 aromatic carbocycles. The molecule has 40 heavy (non-hydrogen) atoms. The first-order valence-electron chi connectivity index (χ1n) is 12.8. The summed E-state index contributed by atoms with van der Waals surface area (Å²) in [6, 6.07) is 14.3. The molecule has 2 heterocycles. The van der Waals surface area contributed by atoms with Crippen molar-refractivity contribution in [3.8, 4) is 5.75 Å². The van der Waals surface area contributed by atoms with E-state index in [2.05, 4.69) is 23.6 Å². The van der Waals surface area contributed by atoms with Gasteiger partial charge in [0, 0.05) is 7.11 Å². The van der Waals surface area contributed by atoms with Crippen LogP contribution in [0.25, 0.3) is 6.08 Å². The number of carbonyl (C=O) groups is 2. The number of methoxy groups -OCH3 is 2. The highest BCUT2D eigenvalue weighted by Crippen LogP contribution is 2.31. The highest BCUT2D eigenvalue weighted by molar-refractivity contribution is 7.07. The lowest BCUT2D eigenvalue weighted by Crippen LogP contribution is -2.40. The lowest BCUT2D eigenvalue weighted by Gasteiger charge is -2.25. The molecule has 210 valence electrons. The van der Waals surface area contributed by atoms with Crippen LogP contribution in [0.1, 0.15) is 49.4 Å². The summed E-state index contributed by atoms with van der Waals surface area (Å²) in [5.41, 5.74) is 3.16. The van der Waals surface area contributed by atoms with Crippen molar-refractivity contribution in [3.63, 3.8) is 0 Å². The molecule has 4 rings (SSSR count). The summed E-state index contributed by atoms with van der Waals surface area (Å²) < 4.78 is 22.6. The van der Waals surface area contributed by atoms with Gasteiger partial charge in [-0.3, -0.25) is 9.36 Å². The van der Waals surface area contributed by atoms with Crippen LogP contribution in [0.2, 0.25) is 0 Å². The zero-order chi connectivity index (χ0) is 28.8. The van der Waals surface area contributed by atoms with Gasteiger partial charge < -0.3 is 18.9 Å². The van der Waals surface area contributed by atoms with E-state index < -0.39 is 18.0 Å². The maximum Gasteiger partial charge on any atom is 0.343 e. The first-order valence-corrected chi connectivity index (χ1v) is 13.6. The summed E-state index contributed by atoms with van der Waals surface area (Å²) in [5, 5.41) is 0. The molecule has 0 saturated heterocycles. The first kappa shape index (κ1) is 29.0. The fourth-order valence-electron chi connectivity index (χ4n) is 4.30. The van der Waals surface area contributed by atoms with Crippen LogP contribution in [0, 0.1) is 0 Å². The van der Waals surface area contributed by atoms with Crippen molar-refractivity contribution < 1.29 is 28.5 Å². The topological polar surface area (TPSA) is 105 Å². The lowest BCUT2D eigenvalue weighted by molar-refractivity contribution is -0.143. The van der Waals surface area contributed by atoms with Gasteiger partial charge in [0.15, 0.2) is 11.4 Å². The molecular formula is C30H32N2O7S. The van der Waals surface area contributed by atoms with E-state index in [1.54, 1.807) is 35.8 Å². The van der Waals surface area contributed by atoms with E-state index in [9.17, 15) is 14.4 Å². The molecule has 10 heteroatoms. The van der Waals surface area contributed by atoms with E-state index in [0.29, 0.717) is 37.8 Å². The van der Waals surface area contributed by atoms with Gasteiger partial charge in [0.05, 0.1) is 35.6 Å². The Bertz CT molecular complexity index is 1600. The first-order chi connectivity index (χ1) is 19.2. The molecule has 9 nitrogen and oxygen atoms in total. The third-order valence-corrected chi connectivity index (χ3v) is 7.40. The fourth-order valence-corrected chi connectivity index (χ4v) is 5.35. The highest BCUT2D eigenvalue weighted by atomic mass is 32.1. The van der Waals surface area contributed by atoms with Crippen molar-refractivity contribution in [3.05, 3.63) is 96.2 Å². The van der Waals surface area contributed by atoms with Crippen molar-refractivity contribution in [2.24, 2.45) is 4.99 Å². The van der Waals surface area contributed by atoms with Gasteiger partial charge in [-0.25, -0.2) is 14.6 Å². The van der Waals surface area contributed by atoms with Crippen LogP contribution in [0.15, 0.2) is 69.6 Å². The maximum absolute atomic E-state index is 13.8. The number of aromatic nitrogens is 1. The fraction of sp³-hybridized carbons (Fsp3) is 0.333. The number of nitrogens with zero attached hydrogens (tertiary/aromatic N) is 2. The third-order valence-electron chi connectivity index (χ3n) is 6.42. The molecule has 0 spiro atoms. The molecule has 0 saturated carbocycles. The number of benzene rings is 2. The normalized spacial score (nSPS) is 15.1. The van der Waals surface area contributed by atoms with Crippen LogP contribution in [0.4, 0.5) is 0 Å². The van der Waals surface area contributed by atoms with Crippen LogP contribution in [-0.2, 0) is 23.8 Å². The minimum Gasteiger partial charge on any atom is -0.482 e. The molecule has 1 aliphatic heterocycles. The predicted octanol–water partition coefficient (Wildman–Crippen LogP) is 3.10. The highest BCUT2D eigenvalue weighted by Gasteiger charge is 2.33. The number of carbonyl (C=O) groups excluding carboxylic acids is 2. The zero-order valence-electron chi connectivity index (χ0n) is 23.1. The number of hydrogen-bond donors (Lipinski definition) is 0. The Labute approximate surface area is 236 Å². The predicted molar refractivity (Wildman–Crippen MR) is 151 cm³/mol. The Balaban J connectivity index is 1.80. The number of ether oxygens (including phenoxy) is 4. The molecule has 1 aromatic heterocycles. The van der Waals surface area contributed by atoms with Crippen molar-refractivity contribution in [2.45, 2.75) is 32.7 Å². The van der Waals surface area contributed by atoms with Crippen LogP contribution in [0.5, 0.6) is 5.75 Å². The summed E-state index contributed by atoms with van der Waals surface area (Å²) in [6.45, 7) is 6.09. The number of allylic oxidation sites excluding steroid dienone is 1. The number of esters is 2. The van der Waals surface area contributed by atoms with Crippen LogP contribution in [-0.4, -0.2) is 50.5 Å². The zero-order valence-corrected chi connectivity index (χ0v) is 23.9. The minimum atomic E-state index is -0.704. The van der Waals surface area contributed by atoms with Gasteiger partial charge in [-0.2, -0.15) is 0 Å². The van der Waals surface area contributed by atoms with E-state index >= 15 is 0 Å². The Morgan fingerprint density at radius 1 is 1.10 bits per heavy atom. The molecule has 0 N–H and O–H groups in total. The Kier molecular flexibility index (Phi) is 9.34. The molecule has 1 aliphatic rings. The summed E-state index contributed by atoms with van der Waals surface area (Å²) in [6.07, 6.45) is 1.74. The van der Waals surface area contributed by atoms with Gasteiger partial charge in [-0.15, -0.1) is 0 Å². The van der Waals surface area contributed by atoms with Crippen LogP contribution < -0.4 is 19.6 Å². The lowest BCUT2D eigenvalue weighted by atomic mass is 9.93. The van der Waals surface area contributed by atoms with E-state index in [4.69, 9.17) is 14.2 Å². The van der Waals surface area contributed by atoms with Crippen molar-refractivity contribution in [2.75, 3.05) is 34.0 Å². The minimum absolute atomic E-state index is 0.0872. The summed E-state index contributed by atoms with van der Waals surface area (Å²) in [5.74, 6) is -0.237. The monoisotopic (exact) mass is 564 g/mol. The Morgan fingerprint density at radius 2 is 1.85 bits per heavy atom. The van der Waals surface area contributed by atoms with Gasteiger partial charge in [-0.05, 0) is 47.7 Å². The van der Waals surface area contributed by atoms with Gasteiger partial charge in [0.25, 0.3) is 5.56 Å². The van der Waals surface area contributed by atoms with E-state index in [1.165, 1.54) is 25.6 Å². The van der Waals surface area contributed by atoms with Crippen LogP contribution in [0.3, 0.4) is 0 Å². The van der Waals surface area contributed by atoms with Crippen LogP contribution >= 0.6 is 11.3 Å². The molecule has 0 radical (unpaired) electrons. The standard InChI is InChI=1S/C30H32N2O7S/c1-18(2)21-9-11-22(12-10-21)27-26(29(35)38-14-13-36-4)19(3)31-30-32(27)28(34)24(40-30)16-20-7-6-8-23(15-20)39-17-25(33)37-5/h6-12,15-16,18,27H,13-14,17H2,1-5H3. The van der Waals surface area contributed by atoms with Crippen molar-refractivity contribution in [1.82, 2.24) is 4.57 Å². The molecule has 0 aliphatic carbocycles. The summed E-state index contributed by atoms with van der Waals surface area (Å²) in [7, 11) is 2.82. The number of thiazole rings is 1. The van der Waals surface area contributed by atoms with Gasteiger partial charge in [0.2, 0.25) is 0 Å². The average molecular weight is 565 g/mol. The second-order valence-electron chi connectivity index (χ2n) is 9.47. The third kappa shape index (κ3) is 6.40. The quantitative estimate of drug-likeness (QED) is 0.275. The van der Waals surface area contributed by atoms with E-state index in [1.807, 2.05) is 30.3 Å². The van der Waals surface area contributed by atoms with Crippen molar-refractivity contribution >= 4 is 29.4 Å². The van der Waals surface area contributed by atoms with E-state index in [0.717, 1.165) is 11.1 Å². The largest absolute Gasteiger partial charge is 0.482 e. The smallest absolute Gasteiger partial charge is 0.343 e. The molecule has 0 fully saturated rings. The number of fused-ring (bicyclic) bond motifs is 1.